The molecule has 2 saturated carbocycles. The molecule has 0 bridgehead atoms. The Morgan fingerprint density at radius 3 is 2.03 bits per heavy atom. The van der Waals surface area contributed by atoms with E-state index in [2.05, 4.69) is 36.1 Å². The maximum atomic E-state index is 8.15. The van der Waals surface area contributed by atoms with Gasteiger partial charge in [0, 0.05) is 23.9 Å². The van der Waals surface area contributed by atoms with Gasteiger partial charge in [-0.1, -0.05) is 107 Å². The average molecular weight is 581 g/mol. The predicted molar refractivity (Wildman–Crippen MR) is 155 cm³/mol. The van der Waals surface area contributed by atoms with Crippen LogP contribution < -0.4 is 0 Å². The minimum absolute atomic E-state index is 0.215. The van der Waals surface area contributed by atoms with Gasteiger partial charge in [0.25, 0.3) is 0 Å². The molecule has 1 saturated heterocycles. The van der Waals surface area contributed by atoms with Gasteiger partial charge in [-0.25, -0.2) is 0 Å². The van der Waals surface area contributed by atoms with E-state index < -0.39 is 0 Å². The van der Waals surface area contributed by atoms with Crippen molar-refractivity contribution in [2.24, 2.45) is 11.8 Å². The van der Waals surface area contributed by atoms with Crippen LogP contribution in [0.4, 0.5) is 0 Å². The first-order chi connectivity index (χ1) is 16.1. The number of alkyl halides is 1. The van der Waals surface area contributed by atoms with Crippen LogP contribution in [0.25, 0.3) is 0 Å². The lowest BCUT2D eigenvalue weighted by Gasteiger charge is -2.29. The van der Waals surface area contributed by atoms with Gasteiger partial charge in [0.05, 0.1) is 13.2 Å². The van der Waals surface area contributed by atoms with Crippen LogP contribution in [0.1, 0.15) is 119 Å². The molecular weight excluding hydrogens is 523 g/mol. The molecule has 1 N–H and O–H groups in total. The summed E-state index contributed by atoms with van der Waals surface area (Å²) in [6.07, 6.45) is 18.9. The van der Waals surface area contributed by atoms with Crippen LogP contribution in [0.2, 0.25) is 0 Å². The highest BCUT2D eigenvalue weighted by molar-refractivity contribution is 14.1. The molecule has 2 unspecified atom stereocenters. The molecule has 33 heavy (non-hydrogen) atoms. The number of aliphatic hydroxyl groups excluding tert-OH is 1. The Kier molecular flexibility index (Phi) is 26.9. The van der Waals surface area contributed by atoms with Crippen molar-refractivity contribution in [1.29, 1.82) is 0 Å². The summed E-state index contributed by atoms with van der Waals surface area (Å²) in [7, 11) is 0. The smallest absolute Gasteiger partial charge is 0.168 e. The van der Waals surface area contributed by atoms with Crippen molar-refractivity contribution in [3.05, 3.63) is 24.3 Å². The molecule has 3 aliphatic rings. The molecule has 3 fully saturated rings. The Morgan fingerprint density at radius 2 is 1.61 bits per heavy atom. The van der Waals surface area contributed by atoms with E-state index in [9.17, 15) is 0 Å². The first-order valence-electron chi connectivity index (χ1n) is 13.8. The summed E-state index contributed by atoms with van der Waals surface area (Å²) in [6, 6.07) is 0. The van der Waals surface area contributed by atoms with Gasteiger partial charge in [0.15, 0.2) is 5.79 Å². The normalized spacial score (nSPS) is 22.1. The number of rotatable bonds is 10. The number of ether oxygens (including phenoxy) is 2. The fourth-order valence-electron chi connectivity index (χ4n) is 3.99. The SMILES string of the molecule is C/C=C/CCO.C=C1CC1.CC.CC.CCCCCC1(CCC2CCCC2CI)OCCO1. The maximum absolute atomic E-state index is 8.15. The van der Waals surface area contributed by atoms with Gasteiger partial charge in [-0.2, -0.15) is 0 Å². The Balaban J connectivity index is 0. The largest absolute Gasteiger partial charge is 0.396 e. The van der Waals surface area contributed by atoms with Crippen LogP contribution in [-0.2, 0) is 9.47 Å². The van der Waals surface area contributed by atoms with Gasteiger partial charge in [0.1, 0.15) is 0 Å². The third-order valence-electron chi connectivity index (χ3n) is 6.02. The number of hydrogen-bond donors (Lipinski definition) is 1. The van der Waals surface area contributed by atoms with E-state index >= 15 is 0 Å². The molecular formula is C29H57IO3. The summed E-state index contributed by atoms with van der Waals surface area (Å²) in [6.45, 7) is 17.7. The second-order valence-corrected chi connectivity index (χ2v) is 9.42. The topological polar surface area (TPSA) is 38.7 Å². The molecule has 0 spiro atoms. The van der Waals surface area contributed by atoms with Crippen molar-refractivity contribution < 1.29 is 14.6 Å². The van der Waals surface area contributed by atoms with Crippen LogP contribution >= 0.6 is 22.6 Å². The summed E-state index contributed by atoms with van der Waals surface area (Å²) in [5.74, 6) is 1.66. The van der Waals surface area contributed by atoms with Gasteiger partial charge in [0.2, 0.25) is 0 Å². The van der Waals surface area contributed by atoms with Crippen molar-refractivity contribution in [3.8, 4) is 0 Å². The zero-order valence-electron chi connectivity index (χ0n) is 23.0. The summed E-state index contributed by atoms with van der Waals surface area (Å²) in [5.41, 5.74) is 1.42. The van der Waals surface area contributed by atoms with E-state index in [-0.39, 0.29) is 12.4 Å². The van der Waals surface area contributed by atoms with Crippen LogP contribution in [0.15, 0.2) is 24.3 Å². The van der Waals surface area contributed by atoms with Crippen LogP contribution in [0, 0.1) is 11.8 Å². The fourth-order valence-corrected chi connectivity index (χ4v) is 5.15. The minimum Gasteiger partial charge on any atom is -0.396 e. The zero-order chi connectivity index (χ0) is 25.4. The summed E-state index contributed by atoms with van der Waals surface area (Å²) < 4.78 is 13.3. The average Bonchev–Trinajstić information content (AvgIpc) is 3.31. The molecule has 0 aromatic heterocycles. The molecule has 2 atom stereocenters. The van der Waals surface area contributed by atoms with Crippen molar-refractivity contribution in [2.75, 3.05) is 24.2 Å². The molecule has 198 valence electrons. The maximum Gasteiger partial charge on any atom is 0.168 e. The molecule has 0 aromatic carbocycles. The van der Waals surface area contributed by atoms with E-state index in [1.807, 2.05) is 46.8 Å². The second kappa shape index (κ2) is 25.2. The molecule has 4 heteroatoms. The van der Waals surface area contributed by atoms with E-state index in [1.165, 1.54) is 67.8 Å². The van der Waals surface area contributed by atoms with Gasteiger partial charge in [-0.05, 0) is 57.3 Å². The Labute approximate surface area is 221 Å². The summed E-state index contributed by atoms with van der Waals surface area (Å²) >= 11 is 2.56. The highest BCUT2D eigenvalue weighted by atomic mass is 127. The first kappa shape index (κ1) is 35.3. The molecule has 0 amide bonds. The predicted octanol–water partition coefficient (Wildman–Crippen LogP) is 9.28. The first-order valence-corrected chi connectivity index (χ1v) is 15.4. The third kappa shape index (κ3) is 19.0. The van der Waals surface area contributed by atoms with Crippen molar-refractivity contribution in [2.45, 2.75) is 124 Å². The zero-order valence-corrected chi connectivity index (χ0v) is 25.1. The highest BCUT2D eigenvalue weighted by Gasteiger charge is 2.37. The number of unbranched alkanes of at least 4 members (excludes halogenated alkanes) is 2. The van der Waals surface area contributed by atoms with Gasteiger partial charge in [-0.3, -0.25) is 0 Å². The number of halogens is 1. The minimum atomic E-state index is -0.215. The molecule has 3 rings (SSSR count). The van der Waals surface area contributed by atoms with E-state index in [0.29, 0.717) is 0 Å². The van der Waals surface area contributed by atoms with E-state index in [4.69, 9.17) is 14.6 Å². The lowest BCUT2D eigenvalue weighted by Crippen LogP contribution is -2.31. The van der Waals surface area contributed by atoms with Gasteiger partial charge in [-0.15, -0.1) is 0 Å². The second-order valence-electron chi connectivity index (χ2n) is 8.54. The van der Waals surface area contributed by atoms with Crippen molar-refractivity contribution in [1.82, 2.24) is 0 Å². The molecule has 3 nitrogen and oxygen atoms in total. The van der Waals surface area contributed by atoms with Crippen molar-refractivity contribution >= 4 is 22.6 Å². The monoisotopic (exact) mass is 580 g/mol. The molecule has 1 aliphatic heterocycles. The van der Waals surface area contributed by atoms with Crippen molar-refractivity contribution in [3.63, 3.8) is 0 Å². The summed E-state index contributed by atoms with van der Waals surface area (Å²) in [4.78, 5) is 0. The van der Waals surface area contributed by atoms with Crippen LogP contribution in [-0.4, -0.2) is 35.1 Å². The Hall–Kier alpha value is 0.0900. The molecule has 0 aromatic rings. The molecule has 2 aliphatic carbocycles. The lowest BCUT2D eigenvalue weighted by molar-refractivity contribution is -0.170. The number of aliphatic hydroxyl groups is 1. The molecule has 0 radical (unpaired) electrons. The standard InChI is InChI=1S/C16H29IO2.C5H10O.C4H6.2C2H6/c1-2-3-4-9-16(18-11-12-19-16)10-8-14-6-5-7-15(14)13-17;1-2-3-4-5-6;1-4-2-3-4;2*1-2/h14-15H,2-13H2,1H3;2-3,6H,4-5H2,1H3;1-3H2;2*1-2H3/b;3-2+;;;. The number of allylic oxidation sites excluding steroid dienone is 2. The third-order valence-corrected chi connectivity index (χ3v) is 7.15. The Bertz CT molecular complexity index is 438. The van der Waals surface area contributed by atoms with E-state index in [0.717, 1.165) is 44.3 Å². The highest BCUT2D eigenvalue weighted by Crippen LogP contribution is 2.40. The van der Waals surface area contributed by atoms with Crippen LogP contribution in [0.3, 0.4) is 0 Å². The number of hydrogen-bond acceptors (Lipinski definition) is 3. The quantitative estimate of drug-likeness (QED) is 0.121. The molecule has 1 heterocycles. The Morgan fingerprint density at radius 1 is 1.03 bits per heavy atom. The van der Waals surface area contributed by atoms with Crippen LogP contribution in [0.5, 0.6) is 0 Å². The summed E-state index contributed by atoms with van der Waals surface area (Å²) in [5, 5.41) is 8.15. The fraction of sp³-hybridized carbons (Fsp3) is 0.862. The van der Waals surface area contributed by atoms with E-state index in [1.54, 1.807) is 0 Å². The van der Waals surface area contributed by atoms with Gasteiger partial charge < -0.3 is 14.6 Å². The lowest BCUT2D eigenvalue weighted by atomic mass is 9.89. The van der Waals surface area contributed by atoms with Gasteiger partial charge >= 0.3 is 0 Å².